The lowest BCUT2D eigenvalue weighted by Crippen LogP contribution is -2.53. The predicted octanol–water partition coefficient (Wildman–Crippen LogP) is 3.96. The van der Waals surface area contributed by atoms with E-state index in [-0.39, 0.29) is 25.3 Å². The number of fused-ring (bicyclic) bond motifs is 1. The summed E-state index contributed by atoms with van der Waals surface area (Å²) in [6.07, 6.45) is 0.587. The summed E-state index contributed by atoms with van der Waals surface area (Å²) >= 11 is 0. The maximum absolute atomic E-state index is 13.9. The number of rotatable bonds is 10. The highest BCUT2D eigenvalue weighted by atomic mass is 32.2. The van der Waals surface area contributed by atoms with Gasteiger partial charge in [0.2, 0.25) is 21.8 Å². The molecule has 0 spiro atoms. The zero-order valence-corrected chi connectivity index (χ0v) is 24.7. The molecule has 0 radical (unpaired) electrons. The molecule has 0 aliphatic carbocycles. The molecule has 222 valence electrons. The molecule has 2 N–H and O–H groups in total. The molecule has 3 atom stereocenters. The quantitative estimate of drug-likeness (QED) is 0.288. The van der Waals surface area contributed by atoms with Crippen LogP contribution in [0.25, 0.3) is 16.8 Å². The lowest BCUT2D eigenvalue weighted by atomic mass is 9.97. The van der Waals surface area contributed by atoms with E-state index in [0.29, 0.717) is 12.1 Å². The van der Waals surface area contributed by atoms with Gasteiger partial charge in [-0.25, -0.2) is 8.42 Å². The molecule has 0 aromatic heterocycles. The zero-order chi connectivity index (χ0) is 30.4. The zero-order valence-electron chi connectivity index (χ0n) is 23.9. The third kappa shape index (κ3) is 7.37. The van der Waals surface area contributed by atoms with E-state index in [4.69, 9.17) is 0 Å². The second-order valence-corrected chi connectivity index (χ2v) is 12.6. The van der Waals surface area contributed by atoms with Crippen LogP contribution in [0.4, 0.5) is 0 Å². The van der Waals surface area contributed by atoms with Crippen LogP contribution < -0.4 is 5.32 Å². The average molecular weight is 598 g/mol. The SMILES string of the molecule is CN(Cc1ccccc1)C(=O)C(Cc1cccc2ccccc12)NC(=O)C1CC(O)CN1S(=O)(=O)/C=C/c1ccccc1. The van der Waals surface area contributed by atoms with Crippen LogP contribution in [0.5, 0.6) is 0 Å². The minimum absolute atomic E-state index is 0.0702. The Morgan fingerprint density at radius 3 is 2.35 bits per heavy atom. The molecule has 1 aliphatic heterocycles. The normalized spacial score (nSPS) is 18.1. The van der Waals surface area contributed by atoms with Crippen molar-refractivity contribution in [3.63, 3.8) is 0 Å². The maximum atomic E-state index is 13.9. The van der Waals surface area contributed by atoms with Gasteiger partial charge >= 0.3 is 0 Å². The lowest BCUT2D eigenvalue weighted by molar-refractivity contribution is -0.136. The molecular formula is C34H35N3O5S. The second kappa shape index (κ2) is 13.3. The smallest absolute Gasteiger partial charge is 0.245 e. The van der Waals surface area contributed by atoms with Gasteiger partial charge < -0.3 is 15.3 Å². The Labute approximate surface area is 252 Å². The number of carbonyl (C=O) groups excluding carboxylic acids is 2. The van der Waals surface area contributed by atoms with Gasteiger partial charge in [-0.1, -0.05) is 103 Å². The molecule has 2 amide bonds. The molecule has 1 fully saturated rings. The first-order chi connectivity index (χ1) is 20.7. The Bertz CT molecular complexity index is 1700. The number of hydrogen-bond acceptors (Lipinski definition) is 5. The molecule has 9 heteroatoms. The third-order valence-corrected chi connectivity index (χ3v) is 9.19. The summed E-state index contributed by atoms with van der Waals surface area (Å²) in [7, 11) is -2.37. The van der Waals surface area contributed by atoms with Gasteiger partial charge in [0.05, 0.1) is 6.10 Å². The summed E-state index contributed by atoms with van der Waals surface area (Å²) in [6, 6.07) is 30.0. The number of hydrogen-bond donors (Lipinski definition) is 2. The van der Waals surface area contributed by atoms with Crippen LogP contribution in [0.3, 0.4) is 0 Å². The van der Waals surface area contributed by atoms with Gasteiger partial charge in [-0.3, -0.25) is 9.59 Å². The Morgan fingerprint density at radius 1 is 0.953 bits per heavy atom. The standard InChI is InChI=1S/C34H35N3O5S/c1-36(23-26-13-6-3-7-14-26)34(40)31(21-28-17-10-16-27-15-8-9-18-30(27)28)35-33(39)32-22-29(38)24-37(32)43(41,42)20-19-25-11-4-2-5-12-25/h2-20,29,31-32,38H,21-24H2,1H3,(H,35,39)/b20-19+. The number of benzene rings is 4. The largest absolute Gasteiger partial charge is 0.392 e. The number of nitrogens with zero attached hydrogens (tertiary/aromatic N) is 2. The van der Waals surface area contributed by atoms with Crippen LogP contribution in [0.1, 0.15) is 23.1 Å². The van der Waals surface area contributed by atoms with Gasteiger partial charge in [-0.05, 0) is 33.5 Å². The Balaban J connectivity index is 1.40. The Hall–Kier alpha value is -4.31. The number of carbonyl (C=O) groups is 2. The summed E-state index contributed by atoms with van der Waals surface area (Å²) in [5.41, 5.74) is 2.51. The number of likely N-dealkylation sites (N-methyl/N-ethyl adjacent to an activating group) is 1. The molecule has 8 nitrogen and oxygen atoms in total. The van der Waals surface area contributed by atoms with E-state index >= 15 is 0 Å². The summed E-state index contributed by atoms with van der Waals surface area (Å²) in [4.78, 5) is 29.2. The van der Waals surface area contributed by atoms with Crippen LogP contribution in [-0.4, -0.2) is 66.3 Å². The molecular weight excluding hydrogens is 562 g/mol. The molecule has 0 bridgehead atoms. The van der Waals surface area contributed by atoms with E-state index in [0.717, 1.165) is 31.6 Å². The maximum Gasteiger partial charge on any atom is 0.245 e. The summed E-state index contributed by atoms with van der Waals surface area (Å²) < 4.78 is 27.6. The fourth-order valence-corrected chi connectivity index (χ4v) is 6.87. The molecule has 1 saturated heterocycles. The monoisotopic (exact) mass is 597 g/mol. The first kappa shape index (κ1) is 30.2. The first-order valence-electron chi connectivity index (χ1n) is 14.2. The van der Waals surface area contributed by atoms with E-state index in [1.54, 1.807) is 36.2 Å². The van der Waals surface area contributed by atoms with E-state index in [2.05, 4.69) is 5.32 Å². The van der Waals surface area contributed by atoms with Gasteiger partial charge in [-0.2, -0.15) is 4.31 Å². The van der Waals surface area contributed by atoms with E-state index in [1.807, 2.05) is 78.9 Å². The Morgan fingerprint density at radius 2 is 1.60 bits per heavy atom. The number of β-amino-alcohol motifs (C(OH)–C–C–N with tert-alkyl or cyclic N) is 1. The molecule has 1 heterocycles. The average Bonchev–Trinajstić information content (AvgIpc) is 3.43. The lowest BCUT2D eigenvalue weighted by Gasteiger charge is -2.28. The van der Waals surface area contributed by atoms with Crippen LogP contribution in [0.2, 0.25) is 0 Å². The van der Waals surface area contributed by atoms with Gasteiger partial charge in [0, 0.05) is 38.4 Å². The number of nitrogens with one attached hydrogen (secondary N) is 1. The van der Waals surface area contributed by atoms with Crippen molar-refractivity contribution in [1.29, 1.82) is 0 Å². The van der Waals surface area contributed by atoms with Crippen LogP contribution in [0.15, 0.2) is 109 Å². The van der Waals surface area contributed by atoms with Gasteiger partial charge in [0.25, 0.3) is 0 Å². The van der Waals surface area contributed by atoms with Crippen LogP contribution in [-0.2, 0) is 32.6 Å². The number of sulfonamides is 1. The van der Waals surface area contributed by atoms with E-state index in [9.17, 15) is 23.1 Å². The number of aliphatic hydroxyl groups is 1. The Kier molecular flexibility index (Phi) is 9.35. The van der Waals surface area contributed by atoms with Gasteiger partial charge in [-0.15, -0.1) is 0 Å². The highest BCUT2D eigenvalue weighted by Crippen LogP contribution is 2.25. The molecule has 5 rings (SSSR count). The number of aliphatic hydroxyl groups excluding tert-OH is 1. The van der Waals surface area contributed by atoms with E-state index in [1.165, 1.54) is 6.08 Å². The van der Waals surface area contributed by atoms with Crippen molar-refractivity contribution in [2.24, 2.45) is 0 Å². The summed E-state index contributed by atoms with van der Waals surface area (Å²) in [5, 5.41) is 16.3. The minimum Gasteiger partial charge on any atom is -0.392 e. The second-order valence-electron chi connectivity index (χ2n) is 10.8. The van der Waals surface area contributed by atoms with Gasteiger partial charge in [0.1, 0.15) is 12.1 Å². The topological polar surface area (TPSA) is 107 Å². The van der Waals surface area contributed by atoms with Gasteiger partial charge in [0.15, 0.2) is 0 Å². The third-order valence-electron chi connectivity index (χ3n) is 7.65. The van der Waals surface area contributed by atoms with Crippen molar-refractivity contribution in [2.45, 2.75) is 37.6 Å². The molecule has 3 unspecified atom stereocenters. The van der Waals surface area contributed by atoms with Crippen LogP contribution >= 0.6 is 0 Å². The minimum atomic E-state index is -4.05. The van der Waals surface area contributed by atoms with Crippen molar-refractivity contribution in [2.75, 3.05) is 13.6 Å². The molecule has 0 saturated carbocycles. The summed E-state index contributed by atoms with van der Waals surface area (Å²) in [5.74, 6) is -0.929. The van der Waals surface area contributed by atoms with Crippen LogP contribution in [0, 0.1) is 0 Å². The van der Waals surface area contributed by atoms with Crippen molar-refractivity contribution < 1.29 is 23.1 Å². The highest BCUT2D eigenvalue weighted by molar-refractivity contribution is 7.92. The molecule has 43 heavy (non-hydrogen) atoms. The fourth-order valence-electron chi connectivity index (χ4n) is 5.47. The van der Waals surface area contributed by atoms with E-state index < -0.39 is 34.1 Å². The summed E-state index contributed by atoms with van der Waals surface area (Å²) in [6.45, 7) is 0.129. The van der Waals surface area contributed by atoms with Crippen molar-refractivity contribution in [3.05, 3.63) is 125 Å². The molecule has 4 aromatic rings. The fraction of sp³-hybridized carbons (Fsp3) is 0.235. The predicted molar refractivity (Wildman–Crippen MR) is 168 cm³/mol. The molecule has 4 aromatic carbocycles. The number of amides is 2. The van der Waals surface area contributed by atoms with Crippen molar-refractivity contribution in [3.8, 4) is 0 Å². The van der Waals surface area contributed by atoms with Crippen molar-refractivity contribution >= 4 is 38.7 Å². The van der Waals surface area contributed by atoms with Crippen molar-refractivity contribution in [1.82, 2.24) is 14.5 Å². The first-order valence-corrected chi connectivity index (χ1v) is 15.7. The highest BCUT2D eigenvalue weighted by Gasteiger charge is 2.43. The molecule has 1 aliphatic rings.